The second-order valence-electron chi connectivity index (χ2n) is 9.92. The fraction of sp³-hybridized carbons (Fsp3) is 0.448. The molecule has 35 heavy (non-hydrogen) atoms. The lowest BCUT2D eigenvalue weighted by Gasteiger charge is -2.41. The van der Waals surface area contributed by atoms with Crippen LogP contribution in [0.3, 0.4) is 0 Å². The van der Waals surface area contributed by atoms with Crippen molar-refractivity contribution in [3.8, 4) is 11.5 Å². The second-order valence-corrected chi connectivity index (χ2v) is 9.92. The Morgan fingerprint density at radius 3 is 2.60 bits per heavy atom. The van der Waals surface area contributed by atoms with Crippen LogP contribution < -0.4 is 20.4 Å². The average molecular weight is 476 g/mol. The molecule has 5 rings (SSSR count). The molecular weight excluding hydrogens is 442 g/mol. The van der Waals surface area contributed by atoms with Crippen molar-refractivity contribution in [3.63, 3.8) is 0 Å². The Hall–Kier alpha value is -3.28. The van der Waals surface area contributed by atoms with E-state index in [2.05, 4.69) is 11.4 Å². The molecule has 1 aliphatic heterocycles. The Balaban J connectivity index is 1.29. The predicted molar refractivity (Wildman–Crippen MR) is 135 cm³/mol. The average Bonchev–Trinajstić information content (AvgIpc) is 2.86. The molecule has 1 aromatic heterocycles. The summed E-state index contributed by atoms with van der Waals surface area (Å²) in [5, 5.41) is 3.80. The molecule has 1 amide bonds. The monoisotopic (exact) mass is 475 g/mol. The number of methoxy groups -OCH3 is 1. The molecule has 2 aliphatic rings. The number of fused-ring (bicyclic) bond motifs is 2. The van der Waals surface area contributed by atoms with Gasteiger partial charge in [-0.05, 0) is 86.8 Å². The van der Waals surface area contributed by atoms with Crippen molar-refractivity contribution in [1.29, 1.82) is 0 Å². The quantitative estimate of drug-likeness (QED) is 0.506. The summed E-state index contributed by atoms with van der Waals surface area (Å²) in [6.07, 6.45) is 8.60. The molecule has 3 aromatic rings. The minimum Gasteiger partial charge on any atom is -0.497 e. The first-order valence-electron chi connectivity index (χ1n) is 12.6. The summed E-state index contributed by atoms with van der Waals surface area (Å²) in [7, 11) is 1.63. The summed E-state index contributed by atoms with van der Waals surface area (Å²) >= 11 is 0. The predicted octanol–water partition coefficient (Wildman–Crippen LogP) is 5.04. The van der Waals surface area contributed by atoms with Gasteiger partial charge in [0, 0.05) is 18.0 Å². The van der Waals surface area contributed by atoms with E-state index in [1.807, 2.05) is 37.3 Å². The standard InChI is InChI=1S/C29H33NO5/c1-19-23-16-21-10-14-29(12-4-3-5-13-29)35-25(21)18-26(23)34-28(32)24(19)17-27(31)30-15-11-20-6-8-22(33-2)9-7-20/h6-9,16,18H,3-5,10-15,17H2,1-2H3,(H,30,31). The highest BCUT2D eigenvalue weighted by Crippen LogP contribution is 2.43. The number of hydrogen-bond acceptors (Lipinski definition) is 5. The summed E-state index contributed by atoms with van der Waals surface area (Å²) in [5.41, 5.74) is 3.50. The number of carbonyl (C=O) groups excluding carboxylic acids is 1. The van der Waals surface area contributed by atoms with Gasteiger partial charge in [-0.3, -0.25) is 4.79 Å². The smallest absolute Gasteiger partial charge is 0.340 e. The van der Waals surface area contributed by atoms with Crippen LogP contribution in [-0.2, 0) is 24.1 Å². The normalized spacial score (nSPS) is 16.5. The first-order chi connectivity index (χ1) is 17.0. The van der Waals surface area contributed by atoms with Crippen molar-refractivity contribution in [2.24, 2.45) is 0 Å². The van der Waals surface area contributed by atoms with E-state index in [0.717, 1.165) is 59.3 Å². The van der Waals surface area contributed by atoms with E-state index < -0.39 is 5.63 Å². The minimum atomic E-state index is -0.455. The number of hydrogen-bond donors (Lipinski definition) is 1. The Bertz CT molecular complexity index is 1290. The van der Waals surface area contributed by atoms with E-state index in [-0.39, 0.29) is 17.9 Å². The maximum atomic E-state index is 12.8. The van der Waals surface area contributed by atoms with Gasteiger partial charge in [-0.25, -0.2) is 4.79 Å². The molecule has 1 spiro atoms. The van der Waals surface area contributed by atoms with Gasteiger partial charge in [0.1, 0.15) is 22.7 Å². The molecule has 6 nitrogen and oxygen atoms in total. The van der Waals surface area contributed by atoms with E-state index >= 15 is 0 Å². The van der Waals surface area contributed by atoms with Crippen molar-refractivity contribution in [1.82, 2.24) is 5.32 Å². The molecule has 0 bridgehead atoms. The maximum absolute atomic E-state index is 12.8. The Morgan fingerprint density at radius 1 is 1.09 bits per heavy atom. The van der Waals surface area contributed by atoms with Crippen molar-refractivity contribution < 1.29 is 18.7 Å². The van der Waals surface area contributed by atoms with Gasteiger partial charge in [-0.1, -0.05) is 18.6 Å². The van der Waals surface area contributed by atoms with E-state index in [9.17, 15) is 9.59 Å². The van der Waals surface area contributed by atoms with Gasteiger partial charge < -0.3 is 19.2 Å². The fourth-order valence-corrected chi connectivity index (χ4v) is 5.51. The van der Waals surface area contributed by atoms with Gasteiger partial charge in [-0.15, -0.1) is 0 Å². The van der Waals surface area contributed by atoms with Gasteiger partial charge in [-0.2, -0.15) is 0 Å². The van der Waals surface area contributed by atoms with Gasteiger partial charge in [0.25, 0.3) is 0 Å². The van der Waals surface area contributed by atoms with Gasteiger partial charge in [0.05, 0.1) is 19.1 Å². The molecule has 0 radical (unpaired) electrons. The number of aryl methyl sites for hydroxylation is 2. The number of rotatable bonds is 6. The van der Waals surface area contributed by atoms with Crippen molar-refractivity contribution in [2.75, 3.05) is 13.7 Å². The van der Waals surface area contributed by atoms with Crippen LogP contribution in [0.2, 0.25) is 0 Å². The first-order valence-corrected chi connectivity index (χ1v) is 12.6. The third kappa shape index (κ3) is 4.93. The van der Waals surface area contributed by atoms with Crippen molar-refractivity contribution in [2.45, 2.75) is 70.3 Å². The van der Waals surface area contributed by atoms with E-state index in [1.54, 1.807) is 7.11 Å². The zero-order valence-electron chi connectivity index (χ0n) is 20.6. The molecule has 6 heteroatoms. The van der Waals surface area contributed by atoms with Gasteiger partial charge in [0.15, 0.2) is 0 Å². The maximum Gasteiger partial charge on any atom is 0.340 e. The fourth-order valence-electron chi connectivity index (χ4n) is 5.51. The van der Waals surface area contributed by atoms with Crippen molar-refractivity contribution in [3.05, 3.63) is 69.1 Å². The molecule has 1 fully saturated rings. The van der Waals surface area contributed by atoms with Crippen LogP contribution in [0.1, 0.15) is 60.8 Å². The zero-order valence-corrected chi connectivity index (χ0v) is 20.6. The number of benzene rings is 2. The largest absolute Gasteiger partial charge is 0.497 e. The summed E-state index contributed by atoms with van der Waals surface area (Å²) in [6.45, 7) is 2.40. The Labute approximate surface area is 205 Å². The van der Waals surface area contributed by atoms with Gasteiger partial charge >= 0.3 is 5.63 Å². The molecule has 1 aliphatic carbocycles. The Kier molecular flexibility index (Phi) is 6.54. The van der Waals surface area contributed by atoms with Crippen LogP contribution in [-0.4, -0.2) is 25.2 Å². The van der Waals surface area contributed by atoms with Crippen LogP contribution in [0, 0.1) is 6.92 Å². The van der Waals surface area contributed by atoms with Crippen LogP contribution in [0.25, 0.3) is 11.0 Å². The van der Waals surface area contributed by atoms with E-state index in [1.165, 1.54) is 19.3 Å². The highest BCUT2D eigenvalue weighted by Gasteiger charge is 2.37. The van der Waals surface area contributed by atoms with Crippen molar-refractivity contribution >= 4 is 16.9 Å². The molecule has 184 valence electrons. The number of carbonyl (C=O) groups is 1. The van der Waals surface area contributed by atoms with Crippen LogP contribution in [0.4, 0.5) is 0 Å². The highest BCUT2D eigenvalue weighted by atomic mass is 16.5. The lowest BCUT2D eigenvalue weighted by molar-refractivity contribution is -0.120. The molecular formula is C29H33NO5. The molecule has 0 atom stereocenters. The second kappa shape index (κ2) is 9.76. The molecule has 1 N–H and O–H groups in total. The molecule has 0 unspecified atom stereocenters. The van der Waals surface area contributed by atoms with Crippen LogP contribution in [0.15, 0.2) is 45.6 Å². The summed E-state index contributed by atoms with van der Waals surface area (Å²) in [5.74, 6) is 1.46. The molecule has 2 aromatic carbocycles. The Morgan fingerprint density at radius 2 is 1.86 bits per heavy atom. The first kappa shape index (κ1) is 23.5. The molecule has 0 saturated heterocycles. The highest BCUT2D eigenvalue weighted by molar-refractivity contribution is 5.86. The lowest BCUT2D eigenvalue weighted by Crippen LogP contribution is -2.41. The number of nitrogens with one attached hydrogen (secondary N) is 1. The third-order valence-corrected chi connectivity index (χ3v) is 7.64. The minimum absolute atomic E-state index is 0.00339. The molecule has 1 saturated carbocycles. The van der Waals surface area contributed by atoms with Gasteiger partial charge in [0.2, 0.25) is 5.91 Å². The summed E-state index contributed by atoms with van der Waals surface area (Å²) in [4.78, 5) is 25.4. The lowest BCUT2D eigenvalue weighted by atomic mass is 9.79. The topological polar surface area (TPSA) is 77.8 Å². The number of ether oxygens (including phenoxy) is 2. The zero-order chi connectivity index (χ0) is 24.4. The van der Waals surface area contributed by atoms with Crippen LogP contribution in [0.5, 0.6) is 11.5 Å². The summed E-state index contributed by atoms with van der Waals surface area (Å²) < 4.78 is 17.4. The third-order valence-electron chi connectivity index (χ3n) is 7.64. The number of amides is 1. The van der Waals surface area contributed by atoms with E-state index in [0.29, 0.717) is 24.1 Å². The SMILES string of the molecule is COc1ccc(CCNC(=O)Cc2c(C)c3cc4c(cc3oc2=O)OC2(CCCCC2)CC4)cc1. The summed E-state index contributed by atoms with van der Waals surface area (Å²) in [6, 6.07) is 11.7. The van der Waals surface area contributed by atoms with Crippen LogP contribution >= 0.6 is 0 Å². The molecule has 2 heterocycles. The van der Waals surface area contributed by atoms with E-state index in [4.69, 9.17) is 13.9 Å².